The Balaban J connectivity index is 3.25. The van der Waals surface area contributed by atoms with Gasteiger partial charge in [-0.3, -0.25) is 9.59 Å². The van der Waals surface area contributed by atoms with Gasteiger partial charge in [0.25, 0.3) is 0 Å². The van der Waals surface area contributed by atoms with Gasteiger partial charge in [0.2, 0.25) is 5.91 Å². The van der Waals surface area contributed by atoms with Gasteiger partial charge in [0.1, 0.15) is 6.61 Å². The molecule has 0 aliphatic rings. The molecular formula is C11H20N2O3. The first kappa shape index (κ1) is 14.6. The summed E-state index contributed by atoms with van der Waals surface area (Å²) in [5.74, 6) is -0.471. The minimum atomic E-state index is -0.193. The zero-order valence-electron chi connectivity index (χ0n) is 9.91. The fraction of sp³-hybridized carbons (Fsp3) is 0.636. The Morgan fingerprint density at radius 1 is 1.31 bits per heavy atom. The zero-order valence-corrected chi connectivity index (χ0v) is 9.91. The molecule has 0 rings (SSSR count). The topological polar surface area (TPSA) is 67.4 Å². The van der Waals surface area contributed by atoms with Gasteiger partial charge in [-0.15, -0.1) is 0 Å². The van der Waals surface area contributed by atoms with Gasteiger partial charge >= 0.3 is 5.97 Å². The van der Waals surface area contributed by atoms with Crippen LogP contribution in [0.25, 0.3) is 0 Å². The summed E-state index contributed by atoms with van der Waals surface area (Å²) in [4.78, 5) is 21.8. The SMILES string of the molecule is C=CC(=O)NCCNCCOC(=O)C(C)C. The molecule has 0 aromatic rings. The molecule has 5 heteroatoms. The lowest BCUT2D eigenvalue weighted by molar-refractivity contribution is -0.147. The van der Waals surface area contributed by atoms with Gasteiger partial charge in [-0.1, -0.05) is 20.4 Å². The monoisotopic (exact) mass is 228 g/mol. The normalized spacial score (nSPS) is 9.94. The molecule has 0 heterocycles. The summed E-state index contributed by atoms with van der Waals surface area (Å²) in [5, 5.41) is 5.66. The lowest BCUT2D eigenvalue weighted by Crippen LogP contribution is -2.32. The second kappa shape index (κ2) is 8.91. The predicted molar refractivity (Wildman–Crippen MR) is 61.9 cm³/mol. The third-order valence-corrected chi connectivity index (χ3v) is 1.78. The first-order chi connectivity index (χ1) is 7.57. The standard InChI is InChI=1S/C11H20N2O3/c1-4-10(14)13-6-5-12-7-8-16-11(15)9(2)3/h4,9,12H,1,5-8H2,2-3H3,(H,13,14). The van der Waals surface area contributed by atoms with Gasteiger partial charge in [-0.05, 0) is 6.08 Å². The van der Waals surface area contributed by atoms with Crippen LogP contribution in [0, 0.1) is 5.92 Å². The molecule has 0 bridgehead atoms. The zero-order chi connectivity index (χ0) is 12.4. The van der Waals surface area contributed by atoms with Crippen molar-refractivity contribution in [1.29, 1.82) is 0 Å². The highest BCUT2D eigenvalue weighted by molar-refractivity contribution is 5.86. The number of rotatable bonds is 8. The maximum Gasteiger partial charge on any atom is 0.308 e. The average Bonchev–Trinajstić information content (AvgIpc) is 2.26. The van der Waals surface area contributed by atoms with Crippen molar-refractivity contribution in [3.8, 4) is 0 Å². The molecule has 0 aliphatic carbocycles. The molecule has 5 nitrogen and oxygen atoms in total. The lowest BCUT2D eigenvalue weighted by atomic mass is 10.2. The summed E-state index contributed by atoms with van der Waals surface area (Å²) < 4.78 is 4.95. The van der Waals surface area contributed by atoms with Crippen LogP contribution in [0.4, 0.5) is 0 Å². The fourth-order valence-corrected chi connectivity index (χ4v) is 0.862. The van der Waals surface area contributed by atoms with Crippen molar-refractivity contribution < 1.29 is 14.3 Å². The van der Waals surface area contributed by atoms with Crippen LogP contribution in [-0.2, 0) is 14.3 Å². The molecule has 0 unspecified atom stereocenters. The summed E-state index contributed by atoms with van der Waals surface area (Å²) in [6.45, 7) is 9.03. The molecule has 16 heavy (non-hydrogen) atoms. The average molecular weight is 228 g/mol. The van der Waals surface area contributed by atoms with Gasteiger partial charge in [0.15, 0.2) is 0 Å². The Morgan fingerprint density at radius 3 is 2.56 bits per heavy atom. The van der Waals surface area contributed by atoms with E-state index in [-0.39, 0.29) is 17.8 Å². The number of esters is 1. The van der Waals surface area contributed by atoms with Crippen LogP contribution in [-0.4, -0.2) is 38.1 Å². The summed E-state index contributed by atoms with van der Waals surface area (Å²) in [7, 11) is 0. The van der Waals surface area contributed by atoms with E-state index in [9.17, 15) is 9.59 Å². The lowest BCUT2D eigenvalue weighted by Gasteiger charge is -2.08. The maximum atomic E-state index is 11.0. The number of hydrogen-bond acceptors (Lipinski definition) is 4. The van der Waals surface area contributed by atoms with Crippen LogP contribution in [0.1, 0.15) is 13.8 Å². The van der Waals surface area contributed by atoms with Crippen LogP contribution in [0.5, 0.6) is 0 Å². The highest BCUT2D eigenvalue weighted by atomic mass is 16.5. The highest BCUT2D eigenvalue weighted by Crippen LogP contribution is 1.94. The van der Waals surface area contributed by atoms with E-state index >= 15 is 0 Å². The van der Waals surface area contributed by atoms with E-state index in [2.05, 4.69) is 17.2 Å². The van der Waals surface area contributed by atoms with E-state index in [1.165, 1.54) is 6.08 Å². The first-order valence-corrected chi connectivity index (χ1v) is 5.35. The molecule has 92 valence electrons. The van der Waals surface area contributed by atoms with Crippen LogP contribution in [0.15, 0.2) is 12.7 Å². The second-order valence-corrected chi connectivity index (χ2v) is 3.57. The first-order valence-electron chi connectivity index (χ1n) is 5.35. The van der Waals surface area contributed by atoms with E-state index in [4.69, 9.17) is 4.74 Å². The van der Waals surface area contributed by atoms with Gasteiger partial charge < -0.3 is 15.4 Å². The Labute approximate surface area is 96.2 Å². The van der Waals surface area contributed by atoms with Crippen molar-refractivity contribution in [3.63, 3.8) is 0 Å². The molecule has 0 saturated heterocycles. The van der Waals surface area contributed by atoms with E-state index < -0.39 is 0 Å². The Hall–Kier alpha value is -1.36. The summed E-state index contributed by atoms with van der Waals surface area (Å²) in [6.07, 6.45) is 1.23. The van der Waals surface area contributed by atoms with Gasteiger partial charge in [-0.2, -0.15) is 0 Å². The minimum absolute atomic E-state index is 0.0909. The molecule has 2 N–H and O–H groups in total. The number of hydrogen-bond donors (Lipinski definition) is 2. The van der Waals surface area contributed by atoms with E-state index in [0.717, 1.165) is 0 Å². The Morgan fingerprint density at radius 2 is 2.00 bits per heavy atom. The Kier molecular flexibility index (Phi) is 8.15. The predicted octanol–water partition coefficient (Wildman–Crippen LogP) is 0.0774. The molecule has 0 aromatic carbocycles. The summed E-state index contributed by atoms with van der Waals surface area (Å²) >= 11 is 0. The van der Waals surface area contributed by atoms with Gasteiger partial charge in [0.05, 0.1) is 5.92 Å². The second-order valence-electron chi connectivity index (χ2n) is 3.57. The third kappa shape index (κ3) is 7.99. The largest absolute Gasteiger partial charge is 0.464 e. The molecule has 0 radical (unpaired) electrons. The van der Waals surface area contributed by atoms with E-state index in [1.807, 2.05) is 0 Å². The molecule has 0 fully saturated rings. The van der Waals surface area contributed by atoms with Gasteiger partial charge in [-0.25, -0.2) is 0 Å². The molecule has 0 spiro atoms. The van der Waals surface area contributed by atoms with Gasteiger partial charge in [0, 0.05) is 19.6 Å². The van der Waals surface area contributed by atoms with Crippen molar-refractivity contribution in [2.24, 2.45) is 5.92 Å². The number of carbonyl (C=O) groups excluding carboxylic acids is 2. The molecule has 1 amide bonds. The van der Waals surface area contributed by atoms with Crippen LogP contribution in [0.2, 0.25) is 0 Å². The molecular weight excluding hydrogens is 208 g/mol. The van der Waals surface area contributed by atoms with E-state index in [1.54, 1.807) is 13.8 Å². The quantitative estimate of drug-likeness (QED) is 0.351. The fourth-order valence-electron chi connectivity index (χ4n) is 0.862. The maximum absolute atomic E-state index is 11.0. The number of amides is 1. The number of nitrogens with one attached hydrogen (secondary N) is 2. The van der Waals surface area contributed by atoms with E-state index in [0.29, 0.717) is 26.2 Å². The van der Waals surface area contributed by atoms with Crippen molar-refractivity contribution in [2.75, 3.05) is 26.2 Å². The summed E-state index contributed by atoms with van der Waals surface area (Å²) in [5.41, 5.74) is 0. The molecule has 0 aliphatic heterocycles. The van der Waals surface area contributed by atoms with Crippen molar-refractivity contribution in [1.82, 2.24) is 10.6 Å². The smallest absolute Gasteiger partial charge is 0.308 e. The van der Waals surface area contributed by atoms with Crippen LogP contribution < -0.4 is 10.6 Å². The van der Waals surface area contributed by atoms with Crippen molar-refractivity contribution in [2.45, 2.75) is 13.8 Å². The third-order valence-electron chi connectivity index (χ3n) is 1.78. The number of carbonyl (C=O) groups is 2. The van der Waals surface area contributed by atoms with Crippen molar-refractivity contribution in [3.05, 3.63) is 12.7 Å². The van der Waals surface area contributed by atoms with Crippen LogP contribution in [0.3, 0.4) is 0 Å². The molecule has 0 atom stereocenters. The number of ether oxygens (including phenoxy) is 1. The highest BCUT2D eigenvalue weighted by Gasteiger charge is 2.06. The minimum Gasteiger partial charge on any atom is -0.464 e. The summed E-state index contributed by atoms with van der Waals surface area (Å²) in [6, 6.07) is 0. The van der Waals surface area contributed by atoms with Crippen molar-refractivity contribution >= 4 is 11.9 Å². The molecule has 0 saturated carbocycles. The molecule has 0 aromatic heterocycles. The van der Waals surface area contributed by atoms with Crippen LogP contribution >= 0.6 is 0 Å². The Bertz CT molecular complexity index is 239.